The molecule has 0 bridgehead atoms. The van der Waals surface area contributed by atoms with Gasteiger partial charge < -0.3 is 4.90 Å². The molecule has 80 valence electrons. The molecule has 1 aliphatic rings. The smallest absolute Gasteiger partial charge is 0.236 e. The molecule has 0 aromatic heterocycles. The van der Waals surface area contributed by atoms with Crippen LogP contribution in [0.25, 0.3) is 0 Å². The van der Waals surface area contributed by atoms with Crippen LogP contribution in [0.4, 0.5) is 0 Å². The maximum Gasteiger partial charge on any atom is 0.236 e. The van der Waals surface area contributed by atoms with E-state index in [-0.39, 0.29) is 17.6 Å². The Labute approximate surface area is 84.9 Å². The SMILES string of the molecule is CC(C)C(=O)CN1CCN(C)C(=O)C1. The average Bonchev–Trinajstić information content (AvgIpc) is 2.11. The number of piperazine rings is 1. The van der Waals surface area contributed by atoms with Crippen molar-refractivity contribution >= 4 is 11.7 Å². The molecule has 1 rings (SSSR count). The summed E-state index contributed by atoms with van der Waals surface area (Å²) in [5.41, 5.74) is 0. The average molecular weight is 198 g/mol. The fraction of sp³-hybridized carbons (Fsp3) is 0.800. The Kier molecular flexibility index (Phi) is 3.63. The number of hydrogen-bond acceptors (Lipinski definition) is 3. The third-order valence-electron chi connectivity index (χ3n) is 2.56. The van der Waals surface area contributed by atoms with E-state index in [1.54, 1.807) is 11.9 Å². The number of carbonyl (C=O) groups excluding carboxylic acids is 2. The van der Waals surface area contributed by atoms with Crippen molar-refractivity contribution < 1.29 is 9.59 Å². The third-order valence-corrected chi connectivity index (χ3v) is 2.56. The Balaban J connectivity index is 2.40. The number of carbonyl (C=O) groups is 2. The minimum absolute atomic E-state index is 0.0600. The molecular weight excluding hydrogens is 180 g/mol. The van der Waals surface area contributed by atoms with Crippen LogP contribution in [-0.2, 0) is 9.59 Å². The maximum absolute atomic E-state index is 11.4. The van der Waals surface area contributed by atoms with E-state index in [9.17, 15) is 9.59 Å². The lowest BCUT2D eigenvalue weighted by Crippen LogP contribution is -2.50. The normalized spacial score (nSPS) is 19.1. The van der Waals surface area contributed by atoms with Gasteiger partial charge in [-0.3, -0.25) is 14.5 Å². The van der Waals surface area contributed by atoms with E-state index in [1.807, 2.05) is 18.7 Å². The molecule has 0 radical (unpaired) electrons. The Morgan fingerprint density at radius 1 is 1.43 bits per heavy atom. The fourth-order valence-electron chi connectivity index (χ4n) is 1.35. The van der Waals surface area contributed by atoms with Crippen molar-refractivity contribution in [2.45, 2.75) is 13.8 Å². The molecule has 4 nitrogen and oxygen atoms in total. The zero-order valence-corrected chi connectivity index (χ0v) is 9.12. The van der Waals surface area contributed by atoms with E-state index < -0.39 is 0 Å². The standard InChI is InChI=1S/C10H18N2O2/c1-8(2)9(13)6-12-5-4-11(3)10(14)7-12/h8H,4-7H2,1-3H3. The highest BCUT2D eigenvalue weighted by molar-refractivity contribution is 5.84. The molecule has 0 saturated carbocycles. The Hall–Kier alpha value is -0.900. The fourth-order valence-corrected chi connectivity index (χ4v) is 1.35. The highest BCUT2D eigenvalue weighted by Crippen LogP contribution is 2.03. The van der Waals surface area contributed by atoms with Crippen molar-refractivity contribution in [1.82, 2.24) is 9.80 Å². The van der Waals surface area contributed by atoms with Crippen LogP contribution in [-0.4, -0.2) is 54.7 Å². The number of nitrogens with zero attached hydrogens (tertiary/aromatic N) is 2. The molecule has 14 heavy (non-hydrogen) atoms. The monoisotopic (exact) mass is 198 g/mol. The highest BCUT2D eigenvalue weighted by atomic mass is 16.2. The van der Waals surface area contributed by atoms with Gasteiger partial charge in [-0.25, -0.2) is 0 Å². The number of rotatable bonds is 3. The summed E-state index contributed by atoms with van der Waals surface area (Å²) in [6.45, 7) is 6.11. The van der Waals surface area contributed by atoms with Crippen LogP contribution in [0, 0.1) is 5.92 Å². The number of likely N-dealkylation sites (N-methyl/N-ethyl adjacent to an activating group) is 1. The number of ketones is 1. The Morgan fingerprint density at radius 3 is 2.57 bits per heavy atom. The largest absolute Gasteiger partial charge is 0.343 e. The van der Waals surface area contributed by atoms with E-state index in [2.05, 4.69) is 0 Å². The van der Waals surface area contributed by atoms with E-state index >= 15 is 0 Å². The zero-order chi connectivity index (χ0) is 10.7. The van der Waals surface area contributed by atoms with Gasteiger partial charge in [0.2, 0.25) is 5.91 Å². The van der Waals surface area contributed by atoms with Crippen molar-refractivity contribution in [2.24, 2.45) is 5.92 Å². The van der Waals surface area contributed by atoms with Crippen LogP contribution in [0.3, 0.4) is 0 Å². The third kappa shape index (κ3) is 2.80. The highest BCUT2D eigenvalue weighted by Gasteiger charge is 2.22. The van der Waals surface area contributed by atoms with Crippen LogP contribution < -0.4 is 0 Å². The van der Waals surface area contributed by atoms with E-state index in [1.165, 1.54) is 0 Å². The van der Waals surface area contributed by atoms with Crippen molar-refractivity contribution in [3.05, 3.63) is 0 Å². The molecule has 4 heteroatoms. The van der Waals surface area contributed by atoms with Crippen molar-refractivity contribution in [3.63, 3.8) is 0 Å². The molecule has 0 aliphatic carbocycles. The van der Waals surface area contributed by atoms with Gasteiger partial charge in [0, 0.05) is 26.1 Å². The van der Waals surface area contributed by atoms with E-state index in [0.717, 1.165) is 13.1 Å². The summed E-state index contributed by atoms with van der Waals surface area (Å²) in [6.07, 6.45) is 0. The van der Waals surface area contributed by atoms with Crippen molar-refractivity contribution in [1.29, 1.82) is 0 Å². The quantitative estimate of drug-likeness (QED) is 0.640. The van der Waals surface area contributed by atoms with Gasteiger partial charge in [0.15, 0.2) is 0 Å². The summed E-state index contributed by atoms with van der Waals surface area (Å²) in [7, 11) is 1.80. The van der Waals surface area contributed by atoms with Crippen molar-refractivity contribution in [2.75, 3.05) is 33.2 Å². The first kappa shape index (κ1) is 11.2. The van der Waals surface area contributed by atoms with Crippen LogP contribution in [0.15, 0.2) is 0 Å². The lowest BCUT2D eigenvalue weighted by molar-refractivity contribution is -0.135. The number of hydrogen-bond donors (Lipinski definition) is 0. The van der Waals surface area contributed by atoms with Crippen LogP contribution >= 0.6 is 0 Å². The summed E-state index contributed by atoms with van der Waals surface area (Å²) in [5.74, 6) is 0.375. The Bertz CT molecular complexity index is 238. The van der Waals surface area contributed by atoms with Gasteiger partial charge in [-0.15, -0.1) is 0 Å². The predicted molar refractivity (Wildman–Crippen MR) is 53.9 cm³/mol. The maximum atomic E-state index is 11.4. The van der Waals surface area contributed by atoms with Gasteiger partial charge in [0.1, 0.15) is 5.78 Å². The zero-order valence-electron chi connectivity index (χ0n) is 9.12. The molecule has 0 atom stereocenters. The van der Waals surface area contributed by atoms with Crippen LogP contribution in [0.1, 0.15) is 13.8 Å². The van der Waals surface area contributed by atoms with Gasteiger partial charge >= 0.3 is 0 Å². The second kappa shape index (κ2) is 4.55. The minimum atomic E-state index is 0.0600. The van der Waals surface area contributed by atoms with Gasteiger partial charge in [-0.2, -0.15) is 0 Å². The minimum Gasteiger partial charge on any atom is -0.343 e. The molecule has 1 heterocycles. The van der Waals surface area contributed by atoms with Gasteiger partial charge in [0.25, 0.3) is 0 Å². The molecule has 0 N–H and O–H groups in total. The first-order valence-corrected chi connectivity index (χ1v) is 4.99. The molecule has 1 aliphatic heterocycles. The van der Waals surface area contributed by atoms with Crippen LogP contribution in [0.5, 0.6) is 0 Å². The summed E-state index contributed by atoms with van der Waals surface area (Å²) >= 11 is 0. The molecule has 0 aromatic carbocycles. The molecule has 1 amide bonds. The molecular formula is C10H18N2O2. The second-order valence-corrected chi connectivity index (χ2v) is 4.15. The molecule has 0 unspecified atom stereocenters. The molecule has 1 saturated heterocycles. The first-order chi connectivity index (χ1) is 6.50. The summed E-state index contributed by atoms with van der Waals surface area (Å²) in [6, 6.07) is 0. The van der Waals surface area contributed by atoms with Gasteiger partial charge in [0.05, 0.1) is 13.1 Å². The Morgan fingerprint density at radius 2 is 2.07 bits per heavy atom. The summed E-state index contributed by atoms with van der Waals surface area (Å²) in [4.78, 5) is 26.4. The van der Waals surface area contributed by atoms with Crippen LogP contribution in [0.2, 0.25) is 0 Å². The molecule has 0 aromatic rings. The first-order valence-electron chi connectivity index (χ1n) is 4.99. The predicted octanol–water partition coefficient (Wildman–Crippen LogP) is -0.0145. The van der Waals surface area contributed by atoms with Gasteiger partial charge in [-0.1, -0.05) is 13.8 Å². The van der Waals surface area contributed by atoms with Gasteiger partial charge in [-0.05, 0) is 0 Å². The number of amides is 1. The lowest BCUT2D eigenvalue weighted by Gasteiger charge is -2.31. The second-order valence-electron chi connectivity index (χ2n) is 4.15. The molecule has 1 fully saturated rings. The molecule has 0 spiro atoms. The summed E-state index contributed by atoms with van der Waals surface area (Å²) in [5, 5.41) is 0. The summed E-state index contributed by atoms with van der Waals surface area (Å²) < 4.78 is 0. The lowest BCUT2D eigenvalue weighted by atomic mass is 10.1. The van der Waals surface area contributed by atoms with E-state index in [0.29, 0.717) is 13.1 Å². The van der Waals surface area contributed by atoms with E-state index in [4.69, 9.17) is 0 Å². The van der Waals surface area contributed by atoms with Crippen molar-refractivity contribution in [3.8, 4) is 0 Å². The number of Topliss-reactive ketones (excluding diaryl/α,β-unsaturated/α-hetero) is 1. The topological polar surface area (TPSA) is 40.6 Å².